The van der Waals surface area contributed by atoms with Crippen LogP contribution in [0.1, 0.15) is 25.8 Å². The van der Waals surface area contributed by atoms with Crippen LogP contribution in [0.25, 0.3) is 0 Å². The first-order chi connectivity index (χ1) is 9.17. The fourth-order valence-electron chi connectivity index (χ4n) is 1.39. The molecule has 4 N–H and O–H groups in total. The smallest absolute Gasteiger partial charge is 0.161 e. The molecule has 5 heteroatoms. The van der Waals surface area contributed by atoms with Crippen LogP contribution in [0.5, 0.6) is 11.5 Å². The summed E-state index contributed by atoms with van der Waals surface area (Å²) >= 11 is 0. The Balaban J connectivity index is 0.00000154. The lowest BCUT2D eigenvalue weighted by molar-refractivity contribution is -0.109. The SMILES string of the molecule is CC.NC(C=O)CCc1ccc(O)c(OCCO)c1. The molecule has 1 rings (SSSR count). The lowest BCUT2D eigenvalue weighted by Gasteiger charge is -2.09. The third-order valence-electron chi connectivity index (χ3n) is 2.31. The van der Waals surface area contributed by atoms with Gasteiger partial charge in [-0.3, -0.25) is 0 Å². The number of hydrogen-bond acceptors (Lipinski definition) is 5. The zero-order valence-electron chi connectivity index (χ0n) is 11.5. The van der Waals surface area contributed by atoms with Gasteiger partial charge in [0.1, 0.15) is 12.9 Å². The number of carbonyl (C=O) groups is 1. The number of nitrogens with two attached hydrogens (primary N) is 1. The molecule has 0 amide bonds. The monoisotopic (exact) mass is 269 g/mol. The number of phenolic OH excluding ortho intramolecular Hbond substituents is 1. The van der Waals surface area contributed by atoms with Crippen molar-refractivity contribution in [3.63, 3.8) is 0 Å². The fourth-order valence-corrected chi connectivity index (χ4v) is 1.39. The highest BCUT2D eigenvalue weighted by Gasteiger charge is 2.06. The van der Waals surface area contributed by atoms with Gasteiger partial charge in [0.15, 0.2) is 11.5 Å². The number of aldehydes is 1. The van der Waals surface area contributed by atoms with Crippen LogP contribution >= 0.6 is 0 Å². The zero-order chi connectivity index (χ0) is 14.7. The number of aromatic hydroxyl groups is 1. The molecule has 108 valence electrons. The van der Waals surface area contributed by atoms with Gasteiger partial charge < -0.3 is 25.5 Å². The number of benzene rings is 1. The predicted octanol–water partition coefficient (Wildman–Crippen LogP) is 1.25. The fraction of sp³-hybridized carbons (Fsp3) is 0.500. The van der Waals surface area contributed by atoms with Crippen molar-refractivity contribution in [2.45, 2.75) is 32.7 Å². The minimum Gasteiger partial charge on any atom is -0.504 e. The van der Waals surface area contributed by atoms with Gasteiger partial charge in [0.25, 0.3) is 0 Å². The Bertz CT molecular complexity index is 368. The van der Waals surface area contributed by atoms with Crippen molar-refractivity contribution in [3.05, 3.63) is 23.8 Å². The van der Waals surface area contributed by atoms with E-state index in [0.29, 0.717) is 24.9 Å². The molecule has 0 spiro atoms. The van der Waals surface area contributed by atoms with Gasteiger partial charge in [-0.25, -0.2) is 0 Å². The Morgan fingerprint density at radius 2 is 2.11 bits per heavy atom. The highest BCUT2D eigenvalue weighted by molar-refractivity contribution is 5.57. The van der Waals surface area contributed by atoms with Crippen LogP contribution in [-0.2, 0) is 11.2 Å². The minimum absolute atomic E-state index is 0.0295. The maximum atomic E-state index is 10.4. The molecule has 0 heterocycles. The van der Waals surface area contributed by atoms with Crippen molar-refractivity contribution in [2.24, 2.45) is 5.73 Å². The number of hydrogen-bond donors (Lipinski definition) is 3. The number of aliphatic hydroxyl groups excluding tert-OH is 1. The van der Waals surface area contributed by atoms with E-state index in [0.717, 1.165) is 5.56 Å². The summed E-state index contributed by atoms with van der Waals surface area (Å²) in [5.74, 6) is 0.359. The van der Waals surface area contributed by atoms with Crippen LogP contribution in [0, 0.1) is 0 Å². The van der Waals surface area contributed by atoms with E-state index in [-0.39, 0.29) is 19.0 Å². The molecule has 0 saturated heterocycles. The molecule has 0 aromatic heterocycles. The summed E-state index contributed by atoms with van der Waals surface area (Å²) in [5, 5.41) is 18.1. The van der Waals surface area contributed by atoms with Crippen LogP contribution in [0.3, 0.4) is 0 Å². The number of rotatable bonds is 7. The Morgan fingerprint density at radius 1 is 1.42 bits per heavy atom. The van der Waals surface area contributed by atoms with Gasteiger partial charge in [0, 0.05) is 0 Å². The van der Waals surface area contributed by atoms with E-state index in [1.165, 1.54) is 6.07 Å². The molecule has 1 unspecified atom stereocenters. The van der Waals surface area contributed by atoms with Gasteiger partial charge in [0.05, 0.1) is 12.6 Å². The molecule has 0 fully saturated rings. The summed E-state index contributed by atoms with van der Waals surface area (Å²) in [5.41, 5.74) is 6.41. The second-order valence-electron chi connectivity index (χ2n) is 3.71. The van der Waals surface area contributed by atoms with Crippen molar-refractivity contribution >= 4 is 6.29 Å². The Labute approximate surface area is 114 Å². The molecule has 0 aliphatic heterocycles. The van der Waals surface area contributed by atoms with Gasteiger partial charge >= 0.3 is 0 Å². The Morgan fingerprint density at radius 3 is 2.68 bits per heavy atom. The number of carbonyl (C=O) groups excluding carboxylic acids is 1. The summed E-state index contributed by atoms with van der Waals surface area (Å²) in [4.78, 5) is 10.4. The maximum Gasteiger partial charge on any atom is 0.161 e. The molecule has 0 saturated carbocycles. The third kappa shape index (κ3) is 6.79. The minimum atomic E-state index is -0.467. The summed E-state index contributed by atoms with van der Waals surface area (Å²) in [6.07, 6.45) is 1.90. The van der Waals surface area contributed by atoms with Crippen molar-refractivity contribution in [2.75, 3.05) is 13.2 Å². The zero-order valence-corrected chi connectivity index (χ0v) is 11.5. The molecule has 1 atom stereocenters. The van der Waals surface area contributed by atoms with Gasteiger partial charge in [-0.2, -0.15) is 0 Å². The van der Waals surface area contributed by atoms with Crippen LogP contribution in [0.15, 0.2) is 18.2 Å². The molecular weight excluding hydrogens is 246 g/mol. The molecule has 0 aliphatic carbocycles. The highest BCUT2D eigenvalue weighted by Crippen LogP contribution is 2.27. The first kappa shape index (κ1) is 17.4. The van der Waals surface area contributed by atoms with Gasteiger partial charge in [-0.1, -0.05) is 19.9 Å². The molecule has 0 radical (unpaired) electrons. The molecule has 0 bridgehead atoms. The summed E-state index contributed by atoms with van der Waals surface area (Å²) in [6.45, 7) is 4.02. The van der Waals surface area contributed by atoms with Crippen LogP contribution in [0.4, 0.5) is 0 Å². The lowest BCUT2D eigenvalue weighted by atomic mass is 10.1. The largest absolute Gasteiger partial charge is 0.504 e. The average molecular weight is 269 g/mol. The van der Waals surface area contributed by atoms with E-state index in [1.54, 1.807) is 12.1 Å². The van der Waals surface area contributed by atoms with Crippen molar-refractivity contribution in [3.8, 4) is 11.5 Å². The molecule has 5 nitrogen and oxygen atoms in total. The van der Waals surface area contributed by atoms with Crippen LogP contribution < -0.4 is 10.5 Å². The normalized spacial score (nSPS) is 11.2. The van der Waals surface area contributed by atoms with Gasteiger partial charge in [-0.05, 0) is 30.5 Å². The van der Waals surface area contributed by atoms with Crippen LogP contribution in [-0.4, -0.2) is 35.8 Å². The summed E-state index contributed by atoms with van der Waals surface area (Å²) in [6, 6.07) is 4.49. The van der Waals surface area contributed by atoms with Gasteiger partial charge in [-0.15, -0.1) is 0 Å². The van der Waals surface area contributed by atoms with E-state index in [9.17, 15) is 9.90 Å². The van der Waals surface area contributed by atoms with E-state index >= 15 is 0 Å². The lowest BCUT2D eigenvalue weighted by Crippen LogP contribution is -2.21. The summed E-state index contributed by atoms with van der Waals surface area (Å²) < 4.78 is 5.16. The number of aliphatic hydroxyl groups is 1. The first-order valence-corrected chi connectivity index (χ1v) is 6.43. The third-order valence-corrected chi connectivity index (χ3v) is 2.31. The maximum absolute atomic E-state index is 10.4. The average Bonchev–Trinajstić information content (AvgIpc) is 2.46. The molecule has 0 aliphatic rings. The Kier molecular flexibility index (Phi) is 9.48. The second-order valence-corrected chi connectivity index (χ2v) is 3.71. The molecule has 19 heavy (non-hydrogen) atoms. The quantitative estimate of drug-likeness (QED) is 0.648. The van der Waals surface area contributed by atoms with Crippen molar-refractivity contribution in [1.82, 2.24) is 0 Å². The topological polar surface area (TPSA) is 92.8 Å². The number of ether oxygens (including phenoxy) is 1. The van der Waals surface area contributed by atoms with Crippen LogP contribution in [0.2, 0.25) is 0 Å². The number of phenols is 1. The highest BCUT2D eigenvalue weighted by atomic mass is 16.5. The Hall–Kier alpha value is -1.59. The predicted molar refractivity (Wildman–Crippen MR) is 74.4 cm³/mol. The summed E-state index contributed by atoms with van der Waals surface area (Å²) in [7, 11) is 0. The molecule has 1 aromatic rings. The first-order valence-electron chi connectivity index (χ1n) is 6.43. The van der Waals surface area contributed by atoms with Gasteiger partial charge in [0.2, 0.25) is 0 Å². The number of aryl methyl sites for hydroxylation is 1. The van der Waals surface area contributed by atoms with Crippen molar-refractivity contribution in [1.29, 1.82) is 0 Å². The van der Waals surface area contributed by atoms with Crippen molar-refractivity contribution < 1.29 is 19.7 Å². The van der Waals surface area contributed by atoms with E-state index in [2.05, 4.69) is 0 Å². The second kappa shape index (κ2) is 10.3. The molecular formula is C14H23NO4. The van der Waals surface area contributed by atoms with E-state index in [1.807, 2.05) is 13.8 Å². The standard InChI is InChI=1S/C12H17NO4.C2H6/c13-10(8-15)3-1-9-2-4-11(16)12(7-9)17-6-5-14;1-2/h2,4,7-8,10,14,16H,1,3,5-6,13H2;1-2H3. The van der Waals surface area contributed by atoms with E-state index in [4.69, 9.17) is 15.6 Å². The van der Waals surface area contributed by atoms with E-state index < -0.39 is 6.04 Å². The molecule has 1 aromatic carbocycles.